The third-order valence-corrected chi connectivity index (χ3v) is 4.01. The second-order valence-corrected chi connectivity index (χ2v) is 6.10. The van der Waals surface area contributed by atoms with Crippen LogP contribution in [0.4, 0.5) is 4.79 Å². The number of rotatable bonds is 4. The lowest BCUT2D eigenvalue weighted by Gasteiger charge is -2.33. The van der Waals surface area contributed by atoms with Crippen molar-refractivity contribution in [1.29, 1.82) is 0 Å². The van der Waals surface area contributed by atoms with Crippen LogP contribution in [-0.2, 0) is 0 Å². The van der Waals surface area contributed by atoms with Crippen LogP contribution in [0, 0.1) is 5.92 Å². The number of imidazole rings is 1. The summed E-state index contributed by atoms with van der Waals surface area (Å²) in [5.41, 5.74) is 2.18. The molecule has 2 heterocycles. The first-order chi connectivity index (χ1) is 9.95. The molecular formula is C16H25N4O+. The van der Waals surface area contributed by atoms with Gasteiger partial charge in [-0.1, -0.05) is 20.8 Å². The van der Waals surface area contributed by atoms with Crippen LogP contribution < -0.4 is 0 Å². The Kier molecular flexibility index (Phi) is 4.42. The van der Waals surface area contributed by atoms with Gasteiger partial charge in [0.2, 0.25) is 6.34 Å². The zero-order valence-electron chi connectivity index (χ0n) is 13.6. The minimum atomic E-state index is -0.00894. The van der Waals surface area contributed by atoms with Crippen LogP contribution >= 0.6 is 0 Å². The Morgan fingerprint density at radius 2 is 2.05 bits per heavy atom. The molecule has 1 aromatic rings. The van der Waals surface area contributed by atoms with Crippen molar-refractivity contribution in [3.63, 3.8) is 0 Å². The quantitative estimate of drug-likeness (QED) is 0.792. The highest BCUT2D eigenvalue weighted by Gasteiger charge is 2.49. The summed E-state index contributed by atoms with van der Waals surface area (Å²) in [7, 11) is 0. The molecule has 5 heteroatoms. The van der Waals surface area contributed by atoms with Gasteiger partial charge in [0.1, 0.15) is 23.8 Å². The molecule has 21 heavy (non-hydrogen) atoms. The molecule has 0 fully saturated rings. The van der Waals surface area contributed by atoms with Gasteiger partial charge in [-0.05, 0) is 20.3 Å². The zero-order valence-corrected chi connectivity index (χ0v) is 13.6. The van der Waals surface area contributed by atoms with Gasteiger partial charge in [0, 0.05) is 24.7 Å². The number of amides is 1. The standard InChI is InChI=1S/C16H25N4O/c1-6-7-14-15(12(2)3)18-11-20(14,13(4)5)16(21)19-9-8-17-10-19/h8-13H,6-7H2,1-5H3/q+1. The Bertz CT molecular complexity index is 569. The Hall–Kier alpha value is -1.75. The summed E-state index contributed by atoms with van der Waals surface area (Å²) < 4.78 is 1.74. The number of hydrogen-bond acceptors (Lipinski definition) is 3. The molecule has 114 valence electrons. The average molecular weight is 289 g/mol. The summed E-state index contributed by atoms with van der Waals surface area (Å²) in [6, 6.07) is 0.0896. The molecule has 0 saturated carbocycles. The van der Waals surface area contributed by atoms with E-state index in [4.69, 9.17) is 0 Å². The topological polar surface area (TPSA) is 47.2 Å². The van der Waals surface area contributed by atoms with Gasteiger partial charge < -0.3 is 0 Å². The monoisotopic (exact) mass is 289 g/mol. The lowest BCUT2D eigenvalue weighted by atomic mass is 10.0. The highest BCUT2D eigenvalue weighted by atomic mass is 16.2. The molecule has 1 aliphatic heterocycles. The van der Waals surface area contributed by atoms with E-state index in [0.29, 0.717) is 5.92 Å². The Balaban J connectivity index is 2.57. The molecule has 1 atom stereocenters. The fourth-order valence-corrected chi connectivity index (χ4v) is 2.91. The van der Waals surface area contributed by atoms with Gasteiger partial charge in [0.05, 0.1) is 0 Å². The molecule has 1 aromatic heterocycles. The first kappa shape index (κ1) is 15.6. The molecule has 5 nitrogen and oxygen atoms in total. The highest BCUT2D eigenvalue weighted by molar-refractivity contribution is 5.81. The number of nitrogens with zero attached hydrogens (tertiary/aromatic N) is 4. The summed E-state index contributed by atoms with van der Waals surface area (Å²) in [5.74, 6) is 0.317. The van der Waals surface area contributed by atoms with Gasteiger partial charge in [-0.25, -0.2) is 19.3 Å². The molecule has 0 N–H and O–H groups in total. The number of aromatic nitrogens is 2. The number of carbonyl (C=O) groups is 1. The summed E-state index contributed by atoms with van der Waals surface area (Å²) >= 11 is 0. The normalized spacial score (nSPS) is 21.9. The molecule has 2 rings (SSSR count). The fraction of sp³-hybridized carbons (Fsp3) is 0.562. The van der Waals surface area contributed by atoms with E-state index in [9.17, 15) is 4.79 Å². The smallest absolute Gasteiger partial charge is 0.245 e. The Morgan fingerprint density at radius 3 is 2.52 bits per heavy atom. The molecule has 1 aliphatic rings. The summed E-state index contributed by atoms with van der Waals surface area (Å²) in [5, 5.41) is 0. The minimum Gasteiger partial charge on any atom is -0.245 e. The fourth-order valence-electron chi connectivity index (χ4n) is 2.91. The maximum atomic E-state index is 13.1. The van der Waals surface area contributed by atoms with Crippen LogP contribution in [0.3, 0.4) is 0 Å². The molecule has 0 aliphatic carbocycles. The van der Waals surface area contributed by atoms with Crippen LogP contribution in [0.15, 0.2) is 35.1 Å². The Morgan fingerprint density at radius 1 is 1.33 bits per heavy atom. The highest BCUT2D eigenvalue weighted by Crippen LogP contribution is 2.36. The van der Waals surface area contributed by atoms with Gasteiger partial charge in [-0.3, -0.25) is 0 Å². The van der Waals surface area contributed by atoms with Crippen molar-refractivity contribution in [2.75, 3.05) is 0 Å². The van der Waals surface area contributed by atoms with Crippen LogP contribution in [0.25, 0.3) is 0 Å². The van der Waals surface area contributed by atoms with E-state index in [1.54, 1.807) is 23.3 Å². The lowest BCUT2D eigenvalue weighted by molar-refractivity contribution is -0.734. The largest absolute Gasteiger partial charge is 0.439 e. The van der Waals surface area contributed by atoms with Gasteiger partial charge in [-0.15, -0.1) is 0 Å². The summed E-state index contributed by atoms with van der Waals surface area (Å²) in [6.07, 6.45) is 8.60. The van der Waals surface area contributed by atoms with Gasteiger partial charge in [-0.2, -0.15) is 4.48 Å². The molecule has 1 amide bonds. The minimum absolute atomic E-state index is 0.00894. The van der Waals surface area contributed by atoms with Crippen molar-refractivity contribution in [1.82, 2.24) is 9.55 Å². The average Bonchev–Trinajstić information content (AvgIpc) is 3.06. The van der Waals surface area contributed by atoms with Crippen LogP contribution in [0.1, 0.15) is 47.5 Å². The van der Waals surface area contributed by atoms with Crippen molar-refractivity contribution in [3.05, 3.63) is 30.1 Å². The Labute approximate surface area is 126 Å². The predicted molar refractivity (Wildman–Crippen MR) is 83.7 cm³/mol. The molecule has 0 bridgehead atoms. The molecular weight excluding hydrogens is 264 g/mol. The molecule has 0 aromatic carbocycles. The first-order valence-corrected chi connectivity index (χ1v) is 7.65. The van der Waals surface area contributed by atoms with E-state index in [2.05, 4.69) is 44.6 Å². The van der Waals surface area contributed by atoms with Crippen molar-refractivity contribution in [2.24, 2.45) is 10.9 Å². The van der Waals surface area contributed by atoms with E-state index < -0.39 is 0 Å². The maximum Gasteiger partial charge on any atom is 0.439 e. The predicted octanol–water partition coefficient (Wildman–Crippen LogP) is 3.79. The maximum absolute atomic E-state index is 13.1. The van der Waals surface area contributed by atoms with Crippen LogP contribution in [0.2, 0.25) is 0 Å². The lowest BCUT2D eigenvalue weighted by Crippen LogP contribution is -2.55. The molecule has 0 saturated heterocycles. The third kappa shape index (κ3) is 2.46. The summed E-state index contributed by atoms with van der Waals surface area (Å²) in [6.45, 7) is 10.5. The van der Waals surface area contributed by atoms with Crippen molar-refractivity contribution in [3.8, 4) is 0 Å². The third-order valence-electron chi connectivity index (χ3n) is 4.01. The summed E-state index contributed by atoms with van der Waals surface area (Å²) in [4.78, 5) is 21.7. The van der Waals surface area contributed by atoms with Gasteiger partial charge >= 0.3 is 6.03 Å². The second-order valence-electron chi connectivity index (χ2n) is 6.10. The van der Waals surface area contributed by atoms with E-state index in [1.165, 1.54) is 0 Å². The van der Waals surface area contributed by atoms with Crippen molar-refractivity contribution >= 4 is 12.4 Å². The van der Waals surface area contributed by atoms with Crippen molar-refractivity contribution < 1.29 is 9.28 Å². The number of allylic oxidation sites excluding steroid dienone is 2. The van der Waals surface area contributed by atoms with Gasteiger partial charge in [0.25, 0.3) is 0 Å². The van der Waals surface area contributed by atoms with E-state index >= 15 is 0 Å². The van der Waals surface area contributed by atoms with E-state index in [-0.39, 0.29) is 16.6 Å². The van der Waals surface area contributed by atoms with Crippen molar-refractivity contribution in [2.45, 2.75) is 53.5 Å². The number of aliphatic imine (C=N–C) groups is 1. The second kappa shape index (κ2) is 5.93. The van der Waals surface area contributed by atoms with Gasteiger partial charge in [0.15, 0.2) is 0 Å². The molecule has 0 radical (unpaired) electrons. The first-order valence-electron chi connectivity index (χ1n) is 7.65. The zero-order chi connectivity index (χ0) is 15.6. The number of carbonyl (C=O) groups excluding carboxylic acids is 1. The SMILES string of the molecule is CCCC1=C(C(C)C)N=C[N+]1(C(=O)n1ccnc1)C(C)C. The van der Waals surface area contributed by atoms with E-state index in [0.717, 1.165) is 24.2 Å². The number of quaternary nitrogens is 1. The van der Waals surface area contributed by atoms with Crippen LogP contribution in [0.5, 0.6) is 0 Å². The van der Waals surface area contributed by atoms with E-state index in [1.807, 2.05) is 6.34 Å². The van der Waals surface area contributed by atoms with Crippen LogP contribution in [-0.4, -0.2) is 32.4 Å². The number of hydrogen-bond donors (Lipinski definition) is 0. The molecule has 1 unspecified atom stereocenters. The molecule has 0 spiro atoms.